The fourth-order valence-electron chi connectivity index (χ4n) is 3.46. The maximum absolute atomic E-state index is 13.3. The molecule has 10 heteroatoms. The molecule has 1 N–H and O–H groups in total. The molecule has 0 saturated carbocycles. The molecule has 0 spiro atoms. The lowest BCUT2D eigenvalue weighted by molar-refractivity contribution is -0.119. The Balaban J connectivity index is 1.61. The van der Waals surface area contributed by atoms with E-state index in [1.165, 1.54) is 24.3 Å². The van der Waals surface area contributed by atoms with Crippen LogP contribution in [0, 0.1) is 0 Å². The molecule has 0 aliphatic carbocycles. The van der Waals surface area contributed by atoms with Gasteiger partial charge in [0.05, 0.1) is 18.5 Å². The zero-order valence-corrected chi connectivity index (χ0v) is 19.1. The molecular weight excluding hydrogens is 466 g/mol. The van der Waals surface area contributed by atoms with Crippen molar-refractivity contribution in [2.75, 3.05) is 22.9 Å². The fraction of sp³-hybridized carbons (Fsp3) is 0.130. The van der Waals surface area contributed by atoms with Crippen molar-refractivity contribution in [3.8, 4) is 5.75 Å². The van der Waals surface area contributed by atoms with E-state index in [9.17, 15) is 18.0 Å². The fourth-order valence-corrected chi connectivity index (χ4v) is 5.23. The monoisotopic (exact) mass is 485 g/mol. The number of ether oxygens (including phenoxy) is 1. The van der Waals surface area contributed by atoms with Gasteiger partial charge in [-0.3, -0.25) is 9.69 Å². The summed E-state index contributed by atoms with van der Waals surface area (Å²) >= 11 is 6.03. The Morgan fingerprint density at radius 2 is 1.76 bits per heavy atom. The largest absolute Gasteiger partial charge is 0.497 e. The van der Waals surface area contributed by atoms with Crippen molar-refractivity contribution in [2.24, 2.45) is 0 Å². The highest BCUT2D eigenvalue weighted by Gasteiger charge is 2.43. The topological polar surface area (TPSA) is 96.0 Å². The van der Waals surface area contributed by atoms with Gasteiger partial charge in [0.1, 0.15) is 17.2 Å². The maximum Gasteiger partial charge on any atom is 0.343 e. The van der Waals surface area contributed by atoms with Gasteiger partial charge in [-0.1, -0.05) is 41.9 Å². The number of halogens is 1. The van der Waals surface area contributed by atoms with Crippen LogP contribution in [0.15, 0.2) is 77.7 Å². The summed E-state index contributed by atoms with van der Waals surface area (Å²) in [6, 6.07) is 18.4. The van der Waals surface area contributed by atoms with Gasteiger partial charge >= 0.3 is 6.03 Å². The van der Waals surface area contributed by atoms with Gasteiger partial charge in [-0.15, -0.1) is 0 Å². The van der Waals surface area contributed by atoms with Crippen LogP contribution in [0.25, 0.3) is 0 Å². The molecular formula is C23H20ClN3O5S. The number of anilines is 2. The molecule has 1 heterocycles. The van der Waals surface area contributed by atoms with Crippen LogP contribution in [0.2, 0.25) is 5.02 Å². The van der Waals surface area contributed by atoms with E-state index >= 15 is 0 Å². The first-order valence-corrected chi connectivity index (χ1v) is 11.7. The van der Waals surface area contributed by atoms with E-state index in [0.717, 1.165) is 10.5 Å². The third-order valence-corrected chi connectivity index (χ3v) is 7.06. The number of para-hydroxylation sites is 1. The third-order valence-electron chi connectivity index (χ3n) is 5.07. The molecule has 8 nitrogen and oxygen atoms in total. The van der Waals surface area contributed by atoms with E-state index in [-0.39, 0.29) is 34.4 Å². The first-order valence-electron chi connectivity index (χ1n) is 9.92. The summed E-state index contributed by atoms with van der Waals surface area (Å²) in [5.74, 6) is 0.252. The van der Waals surface area contributed by atoms with Crippen molar-refractivity contribution >= 4 is 44.9 Å². The quantitative estimate of drug-likeness (QED) is 0.573. The van der Waals surface area contributed by atoms with Crippen LogP contribution in [0.5, 0.6) is 5.75 Å². The Morgan fingerprint density at radius 1 is 1.03 bits per heavy atom. The highest BCUT2D eigenvalue weighted by Crippen LogP contribution is 2.37. The van der Waals surface area contributed by atoms with Gasteiger partial charge in [-0.25, -0.2) is 13.2 Å². The molecule has 0 unspecified atom stereocenters. The molecule has 1 aliphatic rings. The highest BCUT2D eigenvalue weighted by molar-refractivity contribution is 7.94. The SMILES string of the molecule is COc1ccc(CNC(=O)CN2C(=O)N(c3cccc(Cl)c3)S(=O)(=O)c3ccccc32)cc1. The Morgan fingerprint density at radius 3 is 2.45 bits per heavy atom. The second kappa shape index (κ2) is 9.13. The molecule has 3 amide bonds. The van der Waals surface area contributed by atoms with E-state index in [4.69, 9.17) is 16.3 Å². The number of urea groups is 1. The predicted octanol–water partition coefficient (Wildman–Crippen LogP) is 3.80. The third kappa shape index (κ3) is 4.50. The summed E-state index contributed by atoms with van der Waals surface area (Å²) in [6.07, 6.45) is 0. The van der Waals surface area contributed by atoms with Gasteiger partial charge < -0.3 is 10.1 Å². The number of nitrogens with one attached hydrogen (secondary N) is 1. The Hall–Kier alpha value is -3.56. The Kier molecular flexibility index (Phi) is 6.26. The highest BCUT2D eigenvalue weighted by atomic mass is 35.5. The molecule has 0 radical (unpaired) electrons. The van der Waals surface area contributed by atoms with E-state index in [1.54, 1.807) is 43.5 Å². The van der Waals surface area contributed by atoms with Crippen LogP contribution >= 0.6 is 11.6 Å². The summed E-state index contributed by atoms with van der Waals surface area (Å²) in [5.41, 5.74) is 1.07. The average molecular weight is 486 g/mol. The number of rotatable bonds is 6. The normalized spacial score (nSPS) is 14.5. The summed E-state index contributed by atoms with van der Waals surface area (Å²) in [4.78, 5) is 27.1. The Labute approximate surface area is 196 Å². The minimum atomic E-state index is -4.19. The molecule has 170 valence electrons. The van der Waals surface area contributed by atoms with Gasteiger partial charge in [0.15, 0.2) is 0 Å². The molecule has 0 aromatic heterocycles. The van der Waals surface area contributed by atoms with Crippen molar-refractivity contribution in [1.29, 1.82) is 0 Å². The second-order valence-electron chi connectivity index (χ2n) is 7.21. The number of hydrogen-bond donors (Lipinski definition) is 1. The first kappa shape index (κ1) is 22.6. The van der Waals surface area contributed by atoms with Gasteiger partial charge in [-0.05, 0) is 48.0 Å². The van der Waals surface area contributed by atoms with Crippen molar-refractivity contribution in [2.45, 2.75) is 11.4 Å². The smallest absolute Gasteiger partial charge is 0.343 e. The number of sulfonamides is 1. The summed E-state index contributed by atoms with van der Waals surface area (Å²) in [5, 5.41) is 3.03. The number of methoxy groups -OCH3 is 1. The lowest BCUT2D eigenvalue weighted by atomic mass is 10.2. The van der Waals surface area contributed by atoms with Crippen molar-refractivity contribution in [3.05, 3.63) is 83.4 Å². The van der Waals surface area contributed by atoms with Crippen LogP contribution in [0.1, 0.15) is 5.56 Å². The van der Waals surface area contributed by atoms with Gasteiger partial charge in [-0.2, -0.15) is 4.31 Å². The predicted molar refractivity (Wildman–Crippen MR) is 125 cm³/mol. The van der Waals surface area contributed by atoms with Gasteiger partial charge in [0.25, 0.3) is 10.0 Å². The van der Waals surface area contributed by atoms with Crippen LogP contribution in [-0.4, -0.2) is 34.0 Å². The zero-order valence-electron chi connectivity index (χ0n) is 17.6. The number of benzene rings is 3. The maximum atomic E-state index is 13.3. The van der Waals surface area contributed by atoms with E-state index in [0.29, 0.717) is 10.1 Å². The number of fused-ring (bicyclic) bond motifs is 1. The summed E-state index contributed by atoms with van der Waals surface area (Å²) < 4.78 is 32.3. The molecule has 3 aromatic carbocycles. The molecule has 33 heavy (non-hydrogen) atoms. The number of nitrogens with zero attached hydrogens (tertiary/aromatic N) is 2. The molecule has 0 atom stereocenters. The molecule has 4 rings (SSSR count). The van der Waals surface area contributed by atoms with Gasteiger partial charge in [0.2, 0.25) is 5.91 Å². The lowest BCUT2D eigenvalue weighted by Crippen LogP contribution is -2.53. The Bertz CT molecular complexity index is 1310. The second-order valence-corrected chi connectivity index (χ2v) is 9.40. The summed E-state index contributed by atoms with van der Waals surface area (Å²) in [6.45, 7) is -0.124. The number of hydrogen-bond acceptors (Lipinski definition) is 5. The van der Waals surface area contributed by atoms with Crippen LogP contribution < -0.4 is 19.3 Å². The van der Waals surface area contributed by atoms with Crippen LogP contribution in [0.3, 0.4) is 0 Å². The van der Waals surface area contributed by atoms with Crippen LogP contribution in [-0.2, 0) is 21.4 Å². The zero-order chi connectivity index (χ0) is 23.6. The van der Waals surface area contributed by atoms with Crippen molar-refractivity contribution < 1.29 is 22.7 Å². The van der Waals surface area contributed by atoms with Gasteiger partial charge in [0, 0.05) is 11.6 Å². The lowest BCUT2D eigenvalue weighted by Gasteiger charge is -2.35. The van der Waals surface area contributed by atoms with E-state index in [2.05, 4.69) is 5.32 Å². The number of amides is 3. The minimum Gasteiger partial charge on any atom is -0.497 e. The number of carbonyl (C=O) groups is 2. The van der Waals surface area contributed by atoms with Crippen LogP contribution in [0.4, 0.5) is 16.2 Å². The molecule has 0 fully saturated rings. The summed E-state index contributed by atoms with van der Waals surface area (Å²) in [7, 11) is -2.63. The first-order chi connectivity index (χ1) is 15.8. The molecule has 0 bridgehead atoms. The standard InChI is InChI=1S/C23H20ClN3O5S/c1-32-19-11-9-16(10-12-19)14-25-22(28)15-26-20-7-2-3-8-21(20)33(30,31)27(23(26)29)18-6-4-5-17(24)13-18/h2-13H,14-15H2,1H3,(H,25,28). The molecule has 0 saturated heterocycles. The number of carbonyl (C=O) groups excluding carboxylic acids is 2. The minimum absolute atomic E-state index is 0.0764. The van der Waals surface area contributed by atoms with Crippen molar-refractivity contribution in [3.63, 3.8) is 0 Å². The molecule has 3 aromatic rings. The van der Waals surface area contributed by atoms with E-state index < -0.39 is 22.0 Å². The molecule has 1 aliphatic heterocycles. The van der Waals surface area contributed by atoms with E-state index in [1.807, 2.05) is 12.1 Å². The average Bonchev–Trinajstić information content (AvgIpc) is 2.81. The van der Waals surface area contributed by atoms with Crippen molar-refractivity contribution in [1.82, 2.24) is 5.32 Å².